The lowest BCUT2D eigenvalue weighted by Crippen LogP contribution is -2.50. The van der Waals surface area contributed by atoms with E-state index in [-0.39, 0.29) is 18.8 Å². The number of terminal acetylenes is 1. The number of rotatable bonds is 5. The third-order valence-electron chi connectivity index (χ3n) is 3.41. The first kappa shape index (κ1) is 17.3. The molecule has 0 aromatic carbocycles. The maximum Gasteiger partial charge on any atom is 0.408 e. The largest absolute Gasteiger partial charge is 0.480 e. The van der Waals surface area contributed by atoms with Gasteiger partial charge in [-0.3, -0.25) is 0 Å². The molecule has 0 radical (unpaired) electrons. The van der Waals surface area contributed by atoms with Crippen molar-refractivity contribution in [1.29, 1.82) is 0 Å². The number of hydrogen-bond acceptors (Lipinski definition) is 4. The molecule has 0 aliphatic heterocycles. The highest BCUT2D eigenvalue weighted by Gasteiger charge is 2.36. The molecule has 2 N–H and O–H groups in total. The molecule has 1 saturated carbocycles. The summed E-state index contributed by atoms with van der Waals surface area (Å²) in [5.74, 6) is 1.29. The summed E-state index contributed by atoms with van der Waals surface area (Å²) < 4.78 is 10.7. The number of aliphatic carboxylic acids is 1. The lowest BCUT2D eigenvalue weighted by Gasteiger charge is -2.28. The molecule has 1 aliphatic rings. The predicted octanol–water partition coefficient (Wildman–Crippen LogP) is 1.78. The van der Waals surface area contributed by atoms with Gasteiger partial charge in [0.05, 0.1) is 6.10 Å². The summed E-state index contributed by atoms with van der Waals surface area (Å²) in [4.78, 5) is 23.1. The molecule has 21 heavy (non-hydrogen) atoms. The Hall–Kier alpha value is -1.74. The van der Waals surface area contributed by atoms with Crippen LogP contribution in [0, 0.1) is 17.8 Å². The fourth-order valence-electron chi connectivity index (χ4n) is 2.31. The zero-order valence-electron chi connectivity index (χ0n) is 12.7. The van der Waals surface area contributed by atoms with Crippen molar-refractivity contribution >= 4 is 12.1 Å². The highest BCUT2D eigenvalue weighted by atomic mass is 16.6. The Labute approximate surface area is 125 Å². The van der Waals surface area contributed by atoms with Crippen molar-refractivity contribution in [3.63, 3.8) is 0 Å². The van der Waals surface area contributed by atoms with E-state index in [1.54, 1.807) is 20.8 Å². The summed E-state index contributed by atoms with van der Waals surface area (Å²) >= 11 is 0. The van der Waals surface area contributed by atoms with Gasteiger partial charge in [-0.05, 0) is 24.7 Å². The number of alkyl carbamates (subject to hydrolysis) is 1. The third kappa shape index (κ3) is 5.27. The Balaban J connectivity index is 2.56. The zero-order valence-corrected chi connectivity index (χ0v) is 12.7. The minimum Gasteiger partial charge on any atom is -0.480 e. The standard InChI is InChI=1S/C15H23NO5/c1-5-9-20-10-7-6-8-11(10)21-14(19)16-12(13(17)18)15(2,3)4/h1,10-12H,6-9H2,2-4H3,(H,16,19)(H,17,18)/t10-,11-,12-/m1/s1. The number of carboxylic acid groups (broad SMARTS) is 1. The molecule has 0 heterocycles. The van der Waals surface area contributed by atoms with E-state index < -0.39 is 23.5 Å². The first-order valence-electron chi connectivity index (χ1n) is 7.00. The molecular weight excluding hydrogens is 274 g/mol. The average Bonchev–Trinajstić information content (AvgIpc) is 2.79. The number of carboxylic acids is 1. The van der Waals surface area contributed by atoms with Crippen molar-refractivity contribution < 1.29 is 24.2 Å². The minimum atomic E-state index is -1.09. The Kier molecular flexibility index (Phi) is 6.03. The first-order valence-corrected chi connectivity index (χ1v) is 7.00. The Morgan fingerprint density at radius 3 is 2.52 bits per heavy atom. The van der Waals surface area contributed by atoms with Gasteiger partial charge in [0.25, 0.3) is 0 Å². The summed E-state index contributed by atoms with van der Waals surface area (Å²) in [5, 5.41) is 11.6. The second kappa shape index (κ2) is 7.32. The van der Waals surface area contributed by atoms with E-state index in [1.807, 2.05) is 0 Å². The molecule has 6 heteroatoms. The van der Waals surface area contributed by atoms with E-state index >= 15 is 0 Å². The molecule has 3 atom stereocenters. The second-order valence-electron chi connectivity index (χ2n) is 6.21. The molecule has 1 aliphatic carbocycles. The number of hydrogen-bond donors (Lipinski definition) is 2. The summed E-state index contributed by atoms with van der Waals surface area (Å²) in [5.41, 5.74) is -0.611. The van der Waals surface area contributed by atoms with Gasteiger partial charge in [0.2, 0.25) is 0 Å². The number of carbonyl (C=O) groups excluding carboxylic acids is 1. The van der Waals surface area contributed by atoms with E-state index in [4.69, 9.17) is 21.0 Å². The van der Waals surface area contributed by atoms with Crippen LogP contribution in [0.1, 0.15) is 40.0 Å². The van der Waals surface area contributed by atoms with Crippen LogP contribution in [-0.4, -0.2) is 42.0 Å². The first-order chi connectivity index (χ1) is 9.75. The van der Waals surface area contributed by atoms with Crippen LogP contribution < -0.4 is 5.32 Å². The lowest BCUT2D eigenvalue weighted by atomic mass is 9.87. The van der Waals surface area contributed by atoms with Gasteiger partial charge in [0.1, 0.15) is 18.8 Å². The van der Waals surface area contributed by atoms with Gasteiger partial charge in [0.15, 0.2) is 0 Å². The van der Waals surface area contributed by atoms with Crippen molar-refractivity contribution in [2.75, 3.05) is 6.61 Å². The highest BCUT2D eigenvalue weighted by Crippen LogP contribution is 2.25. The molecule has 0 spiro atoms. The molecule has 6 nitrogen and oxygen atoms in total. The smallest absolute Gasteiger partial charge is 0.408 e. The van der Waals surface area contributed by atoms with Crippen LogP contribution in [0.25, 0.3) is 0 Å². The van der Waals surface area contributed by atoms with Crippen LogP contribution in [0.2, 0.25) is 0 Å². The average molecular weight is 297 g/mol. The maximum atomic E-state index is 11.9. The van der Waals surface area contributed by atoms with E-state index in [9.17, 15) is 9.59 Å². The number of nitrogens with one attached hydrogen (secondary N) is 1. The molecule has 1 fully saturated rings. The Bertz CT molecular complexity index is 421. The molecule has 118 valence electrons. The van der Waals surface area contributed by atoms with Crippen molar-refractivity contribution in [2.24, 2.45) is 5.41 Å². The zero-order chi connectivity index (χ0) is 16.0. The molecular formula is C15H23NO5. The molecule has 0 unspecified atom stereocenters. The van der Waals surface area contributed by atoms with Gasteiger partial charge in [-0.25, -0.2) is 9.59 Å². The van der Waals surface area contributed by atoms with Gasteiger partial charge in [-0.1, -0.05) is 26.7 Å². The van der Waals surface area contributed by atoms with Crippen molar-refractivity contribution in [2.45, 2.75) is 58.3 Å². The molecule has 1 amide bonds. The molecule has 0 aromatic heterocycles. The Morgan fingerprint density at radius 2 is 2.00 bits per heavy atom. The van der Waals surface area contributed by atoms with Gasteiger partial charge >= 0.3 is 12.1 Å². The molecule has 0 aromatic rings. The number of ether oxygens (including phenoxy) is 2. The van der Waals surface area contributed by atoms with Crippen molar-refractivity contribution in [1.82, 2.24) is 5.32 Å². The third-order valence-corrected chi connectivity index (χ3v) is 3.41. The van der Waals surface area contributed by atoms with E-state index in [0.717, 1.165) is 12.8 Å². The lowest BCUT2D eigenvalue weighted by molar-refractivity contribution is -0.142. The fraction of sp³-hybridized carbons (Fsp3) is 0.733. The van der Waals surface area contributed by atoms with Gasteiger partial charge in [0, 0.05) is 0 Å². The summed E-state index contributed by atoms with van der Waals surface area (Å²) in [6.07, 6.45) is 6.16. The molecule has 0 bridgehead atoms. The van der Waals surface area contributed by atoms with Crippen LogP contribution in [0.3, 0.4) is 0 Å². The van der Waals surface area contributed by atoms with Crippen LogP contribution >= 0.6 is 0 Å². The minimum absolute atomic E-state index is 0.173. The summed E-state index contributed by atoms with van der Waals surface area (Å²) in [6, 6.07) is -1.02. The number of carbonyl (C=O) groups is 2. The predicted molar refractivity (Wildman–Crippen MR) is 76.7 cm³/mol. The maximum absolute atomic E-state index is 11.9. The SMILES string of the molecule is C#CCO[C@@H]1CCC[C@H]1OC(=O)N[C@H](C(=O)O)C(C)(C)C. The summed E-state index contributed by atoms with van der Waals surface area (Å²) in [6.45, 7) is 5.38. The van der Waals surface area contributed by atoms with Crippen molar-refractivity contribution in [3.8, 4) is 12.3 Å². The van der Waals surface area contributed by atoms with Crippen LogP contribution in [-0.2, 0) is 14.3 Å². The van der Waals surface area contributed by atoms with Gasteiger partial charge in [-0.15, -0.1) is 6.42 Å². The normalized spacial score (nSPS) is 23.1. The van der Waals surface area contributed by atoms with Crippen molar-refractivity contribution in [3.05, 3.63) is 0 Å². The quantitative estimate of drug-likeness (QED) is 0.756. The second-order valence-corrected chi connectivity index (χ2v) is 6.21. The van der Waals surface area contributed by atoms with Gasteiger partial charge < -0.3 is 19.9 Å². The Morgan fingerprint density at radius 1 is 1.38 bits per heavy atom. The van der Waals surface area contributed by atoms with Gasteiger partial charge in [-0.2, -0.15) is 0 Å². The van der Waals surface area contributed by atoms with E-state index in [0.29, 0.717) is 6.42 Å². The summed E-state index contributed by atoms with van der Waals surface area (Å²) in [7, 11) is 0. The van der Waals surface area contributed by atoms with Crippen LogP contribution in [0.5, 0.6) is 0 Å². The van der Waals surface area contributed by atoms with E-state index in [1.165, 1.54) is 0 Å². The van der Waals surface area contributed by atoms with E-state index in [2.05, 4.69) is 11.2 Å². The number of amides is 1. The van der Waals surface area contributed by atoms with Crippen LogP contribution in [0.15, 0.2) is 0 Å². The molecule has 1 rings (SSSR count). The van der Waals surface area contributed by atoms with Crippen LogP contribution in [0.4, 0.5) is 4.79 Å². The molecule has 0 saturated heterocycles. The highest BCUT2D eigenvalue weighted by molar-refractivity contribution is 5.80. The monoisotopic (exact) mass is 297 g/mol. The topological polar surface area (TPSA) is 84.9 Å². The fourth-order valence-corrected chi connectivity index (χ4v) is 2.31.